The van der Waals surface area contributed by atoms with Gasteiger partial charge in [-0.05, 0) is 12.1 Å². The molecule has 0 saturated heterocycles. The molecule has 0 fully saturated rings. The molecule has 2 heterocycles. The molecule has 0 aliphatic carbocycles. The van der Waals surface area contributed by atoms with Crippen molar-refractivity contribution < 1.29 is 9.53 Å². The van der Waals surface area contributed by atoms with Crippen molar-refractivity contribution >= 4 is 23.0 Å². The van der Waals surface area contributed by atoms with E-state index in [9.17, 15) is 4.79 Å². The SMILES string of the molecule is Nc1ncnc2c1ncn2CC#CCOC(=O)c1ccccc1. The molecule has 2 N–H and O–H groups in total. The number of ether oxygens (including phenoxy) is 1. The zero-order valence-corrected chi connectivity index (χ0v) is 12.1. The second kappa shape index (κ2) is 6.58. The van der Waals surface area contributed by atoms with Crippen molar-refractivity contribution in [1.82, 2.24) is 19.5 Å². The Morgan fingerprint density at radius 1 is 1.17 bits per heavy atom. The molecule has 0 aliphatic heterocycles. The first-order chi connectivity index (χ1) is 11.3. The van der Waals surface area contributed by atoms with E-state index in [1.807, 2.05) is 6.07 Å². The van der Waals surface area contributed by atoms with Crippen molar-refractivity contribution in [2.45, 2.75) is 6.54 Å². The lowest BCUT2D eigenvalue weighted by atomic mass is 10.2. The molecule has 3 rings (SSSR count). The molecule has 0 aliphatic rings. The van der Waals surface area contributed by atoms with E-state index in [4.69, 9.17) is 10.5 Å². The van der Waals surface area contributed by atoms with E-state index in [2.05, 4.69) is 26.8 Å². The summed E-state index contributed by atoms with van der Waals surface area (Å²) in [7, 11) is 0. The zero-order chi connectivity index (χ0) is 16.1. The van der Waals surface area contributed by atoms with Crippen LogP contribution in [0, 0.1) is 11.8 Å². The Kier molecular flexibility index (Phi) is 4.16. The molecule has 0 amide bonds. The summed E-state index contributed by atoms with van der Waals surface area (Å²) in [6.07, 6.45) is 2.98. The van der Waals surface area contributed by atoms with E-state index in [-0.39, 0.29) is 6.61 Å². The number of benzene rings is 1. The Morgan fingerprint density at radius 2 is 2.00 bits per heavy atom. The number of rotatable bonds is 3. The maximum Gasteiger partial charge on any atom is 0.339 e. The van der Waals surface area contributed by atoms with Crippen LogP contribution in [-0.4, -0.2) is 32.1 Å². The highest BCUT2D eigenvalue weighted by Gasteiger charge is 2.06. The second-order valence-electron chi connectivity index (χ2n) is 4.60. The molecule has 1 aromatic carbocycles. The average molecular weight is 307 g/mol. The summed E-state index contributed by atoms with van der Waals surface area (Å²) in [5, 5.41) is 0. The Hall–Kier alpha value is -3.40. The normalized spacial score (nSPS) is 10.1. The molecule has 0 spiro atoms. The van der Waals surface area contributed by atoms with Gasteiger partial charge in [0.15, 0.2) is 18.1 Å². The molecular weight excluding hydrogens is 294 g/mol. The standard InChI is InChI=1S/C16H13N5O2/c17-14-13-15(19-10-18-14)21(11-20-13)8-4-5-9-23-16(22)12-6-2-1-3-7-12/h1-3,6-7,10-11H,8-9H2,(H2,17,18,19). The Bertz CT molecular complexity index is 893. The minimum atomic E-state index is -0.395. The molecular formula is C16H13N5O2. The van der Waals surface area contributed by atoms with Gasteiger partial charge >= 0.3 is 5.97 Å². The third-order valence-corrected chi connectivity index (χ3v) is 3.09. The van der Waals surface area contributed by atoms with Gasteiger partial charge in [-0.3, -0.25) is 0 Å². The molecule has 23 heavy (non-hydrogen) atoms. The highest BCUT2D eigenvalue weighted by atomic mass is 16.5. The van der Waals surface area contributed by atoms with Gasteiger partial charge in [0.05, 0.1) is 18.4 Å². The largest absolute Gasteiger partial charge is 0.449 e. The summed E-state index contributed by atoms with van der Waals surface area (Å²) in [4.78, 5) is 23.9. The lowest BCUT2D eigenvalue weighted by Crippen LogP contribution is -2.05. The third-order valence-electron chi connectivity index (χ3n) is 3.09. The number of hydrogen-bond donors (Lipinski definition) is 1. The van der Waals surface area contributed by atoms with Crippen molar-refractivity contribution in [3.05, 3.63) is 48.5 Å². The van der Waals surface area contributed by atoms with Crippen LogP contribution in [-0.2, 0) is 11.3 Å². The summed E-state index contributed by atoms with van der Waals surface area (Å²) >= 11 is 0. The van der Waals surface area contributed by atoms with E-state index in [0.717, 1.165) is 0 Å². The molecule has 2 aromatic heterocycles. The smallest absolute Gasteiger partial charge is 0.339 e. The summed E-state index contributed by atoms with van der Waals surface area (Å²) in [6, 6.07) is 8.78. The lowest BCUT2D eigenvalue weighted by Gasteiger charge is -2.00. The highest BCUT2D eigenvalue weighted by molar-refractivity contribution is 5.89. The van der Waals surface area contributed by atoms with E-state index in [0.29, 0.717) is 29.1 Å². The first-order valence-electron chi connectivity index (χ1n) is 6.85. The molecule has 0 radical (unpaired) electrons. The molecule has 3 aromatic rings. The van der Waals surface area contributed by atoms with Gasteiger partial charge < -0.3 is 15.0 Å². The molecule has 0 unspecified atom stereocenters. The minimum Gasteiger partial charge on any atom is -0.449 e. The molecule has 0 bridgehead atoms. The number of carbonyl (C=O) groups excluding carboxylic acids is 1. The molecule has 0 saturated carbocycles. The van der Waals surface area contributed by atoms with Gasteiger partial charge in [0.1, 0.15) is 11.8 Å². The maximum absolute atomic E-state index is 11.7. The number of imidazole rings is 1. The van der Waals surface area contributed by atoms with Crippen LogP contribution in [0.15, 0.2) is 43.0 Å². The Balaban J connectivity index is 1.58. The van der Waals surface area contributed by atoms with E-state index < -0.39 is 5.97 Å². The van der Waals surface area contributed by atoms with Crippen molar-refractivity contribution in [2.75, 3.05) is 12.3 Å². The number of nitrogens with zero attached hydrogens (tertiary/aromatic N) is 4. The quantitative estimate of drug-likeness (QED) is 0.578. The number of nitrogens with two attached hydrogens (primary N) is 1. The van der Waals surface area contributed by atoms with Crippen molar-refractivity contribution in [2.24, 2.45) is 0 Å². The summed E-state index contributed by atoms with van der Waals surface area (Å²) in [6.45, 7) is 0.396. The summed E-state index contributed by atoms with van der Waals surface area (Å²) in [5.74, 6) is 5.63. The fourth-order valence-corrected chi connectivity index (χ4v) is 1.97. The van der Waals surface area contributed by atoms with Gasteiger partial charge in [0, 0.05) is 0 Å². The number of hydrogen-bond acceptors (Lipinski definition) is 6. The number of fused-ring (bicyclic) bond motifs is 1. The fraction of sp³-hybridized carbons (Fsp3) is 0.125. The number of aromatic nitrogens is 4. The van der Waals surface area contributed by atoms with Crippen LogP contribution in [0.3, 0.4) is 0 Å². The van der Waals surface area contributed by atoms with Crippen molar-refractivity contribution in [3.63, 3.8) is 0 Å². The fourth-order valence-electron chi connectivity index (χ4n) is 1.97. The van der Waals surface area contributed by atoms with Gasteiger partial charge in [-0.25, -0.2) is 19.7 Å². The van der Waals surface area contributed by atoms with Crippen LogP contribution >= 0.6 is 0 Å². The predicted octanol–water partition coefficient (Wildman–Crippen LogP) is 1.27. The van der Waals surface area contributed by atoms with Crippen molar-refractivity contribution in [3.8, 4) is 11.8 Å². The average Bonchev–Trinajstić information content (AvgIpc) is 3.00. The molecule has 7 heteroatoms. The van der Waals surface area contributed by atoms with Gasteiger partial charge in [-0.1, -0.05) is 30.0 Å². The Labute approximate surface area is 132 Å². The first kappa shape index (κ1) is 14.5. The van der Waals surface area contributed by atoms with Gasteiger partial charge in [0.25, 0.3) is 0 Å². The van der Waals surface area contributed by atoms with Crippen LogP contribution in [0.25, 0.3) is 11.2 Å². The van der Waals surface area contributed by atoms with Crippen LogP contribution in [0.2, 0.25) is 0 Å². The molecule has 0 atom stereocenters. The summed E-state index contributed by atoms with van der Waals surface area (Å²) < 4.78 is 6.82. The summed E-state index contributed by atoms with van der Waals surface area (Å²) in [5.41, 5.74) is 7.38. The van der Waals surface area contributed by atoms with Crippen LogP contribution < -0.4 is 5.73 Å². The lowest BCUT2D eigenvalue weighted by molar-refractivity contribution is 0.0556. The number of carbonyl (C=O) groups is 1. The monoisotopic (exact) mass is 307 g/mol. The van der Waals surface area contributed by atoms with Crippen molar-refractivity contribution in [1.29, 1.82) is 0 Å². The van der Waals surface area contributed by atoms with Crippen LogP contribution in [0.1, 0.15) is 10.4 Å². The second-order valence-corrected chi connectivity index (χ2v) is 4.60. The number of esters is 1. The Morgan fingerprint density at radius 3 is 2.83 bits per heavy atom. The van der Waals surface area contributed by atoms with E-state index in [1.165, 1.54) is 6.33 Å². The first-order valence-corrected chi connectivity index (χ1v) is 6.85. The molecule has 114 valence electrons. The number of anilines is 1. The third kappa shape index (κ3) is 3.27. The minimum absolute atomic E-state index is 0.0253. The van der Waals surface area contributed by atoms with Gasteiger partial charge in [-0.15, -0.1) is 0 Å². The van der Waals surface area contributed by atoms with E-state index >= 15 is 0 Å². The predicted molar refractivity (Wildman–Crippen MR) is 84.2 cm³/mol. The van der Waals surface area contributed by atoms with Gasteiger partial charge in [-0.2, -0.15) is 0 Å². The zero-order valence-electron chi connectivity index (χ0n) is 12.1. The van der Waals surface area contributed by atoms with E-state index in [1.54, 1.807) is 35.2 Å². The molecule has 7 nitrogen and oxygen atoms in total. The highest BCUT2D eigenvalue weighted by Crippen LogP contribution is 2.13. The van der Waals surface area contributed by atoms with Crippen LogP contribution in [0.5, 0.6) is 0 Å². The van der Waals surface area contributed by atoms with Gasteiger partial charge in [0.2, 0.25) is 0 Å². The maximum atomic E-state index is 11.7. The topological polar surface area (TPSA) is 95.9 Å². The van der Waals surface area contributed by atoms with Crippen LogP contribution in [0.4, 0.5) is 5.82 Å². The number of nitrogen functional groups attached to an aromatic ring is 1.